The summed E-state index contributed by atoms with van der Waals surface area (Å²) < 4.78 is 80.0. The summed E-state index contributed by atoms with van der Waals surface area (Å²) in [7, 11) is -8.39. The lowest BCUT2D eigenvalue weighted by Gasteiger charge is -2.22. The second kappa shape index (κ2) is 13.6. The molecule has 4 aromatic rings. The summed E-state index contributed by atoms with van der Waals surface area (Å²) in [5.41, 5.74) is -0.401. The first kappa shape index (κ1) is 34.1. The van der Waals surface area contributed by atoms with Gasteiger partial charge in [-0.05, 0) is 0 Å². The molecule has 2 aliphatic heterocycles. The van der Waals surface area contributed by atoms with E-state index in [1.165, 1.54) is 34.3 Å². The summed E-state index contributed by atoms with van der Waals surface area (Å²) in [4.78, 5) is 56.9. The number of nitrogens with one attached hydrogen (secondary N) is 3. The van der Waals surface area contributed by atoms with E-state index >= 15 is 4.39 Å². The van der Waals surface area contributed by atoms with Gasteiger partial charge < -0.3 is 24.0 Å². The van der Waals surface area contributed by atoms with Crippen molar-refractivity contribution in [3.05, 3.63) is 35.5 Å². The molecule has 6 rings (SSSR count). The van der Waals surface area contributed by atoms with Crippen LogP contribution in [0.1, 0.15) is 32.7 Å². The summed E-state index contributed by atoms with van der Waals surface area (Å²) in [5, 5.41) is 12.3. The van der Waals surface area contributed by atoms with E-state index in [2.05, 4.69) is 39.9 Å². The van der Waals surface area contributed by atoms with Crippen LogP contribution in [0.4, 0.5) is 10.3 Å². The molecule has 1 amide bonds. The second-order valence-electron chi connectivity index (χ2n) is 11.1. The van der Waals surface area contributed by atoms with Gasteiger partial charge in [-0.25, -0.2) is 28.5 Å². The fraction of sp³-hybridized carbons (Fsp3) is 0.542. The minimum absolute atomic E-state index is 0.0729. The monoisotopic (exact) mass is 716 g/mol. The van der Waals surface area contributed by atoms with Crippen molar-refractivity contribution < 1.29 is 50.3 Å². The van der Waals surface area contributed by atoms with Crippen LogP contribution >= 0.6 is 8.25 Å². The highest BCUT2D eigenvalue weighted by Gasteiger charge is 2.49. The number of aromatic nitrogens is 8. The average molecular weight is 717 g/mol. The maximum Gasteiger partial charge on any atom is 0.336 e. The lowest BCUT2D eigenvalue weighted by Crippen LogP contribution is -2.41. The van der Waals surface area contributed by atoms with Gasteiger partial charge in [-0.3, -0.25) is 33.6 Å². The van der Waals surface area contributed by atoms with Crippen molar-refractivity contribution in [1.29, 1.82) is 0 Å². The summed E-state index contributed by atoms with van der Waals surface area (Å²) >= 11 is 0. The lowest BCUT2D eigenvalue weighted by atomic mass is 10.1. The Bertz CT molecular complexity index is 2010. The number of aliphatic hydroxyl groups excluding tert-OH is 1. The van der Waals surface area contributed by atoms with E-state index in [0.29, 0.717) is 5.52 Å². The zero-order valence-electron chi connectivity index (χ0n) is 25.0. The molecule has 0 aromatic carbocycles. The number of aromatic amines is 1. The zero-order valence-corrected chi connectivity index (χ0v) is 26.9. The molecule has 48 heavy (non-hydrogen) atoms. The maximum absolute atomic E-state index is 15.6. The van der Waals surface area contributed by atoms with Crippen molar-refractivity contribution in [3.8, 4) is 0 Å². The van der Waals surface area contributed by atoms with Gasteiger partial charge in [-0.2, -0.15) is 18.1 Å². The molecule has 260 valence electrons. The van der Waals surface area contributed by atoms with Crippen molar-refractivity contribution in [2.75, 3.05) is 18.5 Å². The Kier molecular flexibility index (Phi) is 9.66. The van der Waals surface area contributed by atoms with Crippen LogP contribution in [-0.2, 0) is 37.8 Å². The van der Waals surface area contributed by atoms with E-state index in [-0.39, 0.29) is 29.2 Å². The third kappa shape index (κ3) is 6.86. The molecule has 2 aliphatic rings. The highest BCUT2D eigenvalue weighted by atomic mass is 32.2. The quantitative estimate of drug-likeness (QED) is 0.111. The number of hydrogen-bond donors (Lipinski definition) is 5. The Balaban J connectivity index is 1.21. The number of carbonyl (C=O) groups is 1. The number of ether oxygens (including phenoxy) is 2. The van der Waals surface area contributed by atoms with Crippen molar-refractivity contribution in [1.82, 2.24) is 43.8 Å². The minimum Gasteiger partial charge on any atom is -0.394 e. The number of rotatable bonds is 12. The largest absolute Gasteiger partial charge is 0.394 e. The number of aliphatic hydroxyl groups is 1. The number of amides is 1. The van der Waals surface area contributed by atoms with Gasteiger partial charge in [-0.1, -0.05) is 13.8 Å². The molecule has 6 heterocycles. The number of H-pyrrole nitrogens is 1. The number of fused-ring (bicyclic) bond motifs is 2. The number of nitrogens with zero attached hydrogens (tertiary/aromatic N) is 7. The molecule has 0 spiro atoms. The molecule has 0 radical (unpaired) electrons. The molecule has 0 bridgehead atoms. The first-order valence-corrected chi connectivity index (χ1v) is 17.1. The van der Waals surface area contributed by atoms with Gasteiger partial charge >= 0.3 is 18.6 Å². The van der Waals surface area contributed by atoms with E-state index in [1.807, 2.05) is 0 Å². The smallest absolute Gasteiger partial charge is 0.336 e. The standard InChI is InChI=1S/C24H30FN10O11PS/c1-10(2)20(37)32-24-31-19-16(21(38)33-24)29-9-35(19)22-13(3-11(6-36)43-22)46-48(41,42)30-5-14-17(45-47(39)40)15(25)23(44-14)34-8-28-12-4-26-7-27-18(12)34/h4,7-11,13-15,17,22-23,30,36,47H,3,5-6H2,1-2H3,(H,39,40)(H2,31,32,33,37,38)/t11?,13-,14-,15-,17-,22-,23-/m1/s1. The van der Waals surface area contributed by atoms with Crippen molar-refractivity contribution in [3.63, 3.8) is 0 Å². The molecule has 0 saturated carbocycles. The lowest BCUT2D eigenvalue weighted by molar-refractivity contribution is -0.118. The number of carbonyl (C=O) groups excluding carboxylic acids is 1. The fourth-order valence-electron chi connectivity index (χ4n) is 5.29. The van der Waals surface area contributed by atoms with Gasteiger partial charge in [0.2, 0.25) is 11.9 Å². The molecule has 4 aromatic heterocycles. The number of halogens is 1. The molecular formula is C24H30FN10O11PS. The van der Waals surface area contributed by atoms with Gasteiger partial charge in [0.05, 0.1) is 31.6 Å². The van der Waals surface area contributed by atoms with E-state index in [1.54, 1.807) is 13.8 Å². The van der Waals surface area contributed by atoms with Crippen molar-refractivity contribution in [2.24, 2.45) is 5.92 Å². The summed E-state index contributed by atoms with van der Waals surface area (Å²) in [5.74, 6) is -1.04. The van der Waals surface area contributed by atoms with Crippen LogP contribution in [0.3, 0.4) is 0 Å². The maximum atomic E-state index is 15.6. The molecule has 0 aliphatic carbocycles. The SMILES string of the molecule is CC(C)C(=O)Nc1nc2c(ncn2[C@@H]2OC(CO)C[C@H]2OS(=O)(=O)NC[C@H]2O[C@@H](n3cnc4cncnc43)[C@H](F)[C@@H]2O[PH](=O)O)c(=O)[nH]1. The topological polar surface area (TPSA) is 277 Å². The van der Waals surface area contributed by atoms with Crippen LogP contribution in [0.15, 0.2) is 30.0 Å². The first-order chi connectivity index (χ1) is 22.8. The third-order valence-corrected chi connectivity index (χ3v) is 9.04. The summed E-state index contributed by atoms with van der Waals surface area (Å²) in [6, 6.07) is 0. The molecule has 8 atom stereocenters. The van der Waals surface area contributed by atoms with Crippen LogP contribution in [0, 0.1) is 5.92 Å². The summed E-state index contributed by atoms with van der Waals surface area (Å²) in [6.07, 6.45) is -5.23. The van der Waals surface area contributed by atoms with Crippen LogP contribution in [0.5, 0.6) is 0 Å². The van der Waals surface area contributed by atoms with Crippen LogP contribution in [-0.4, -0.2) is 107 Å². The molecule has 2 fully saturated rings. The van der Waals surface area contributed by atoms with E-state index < -0.39 is 92.1 Å². The zero-order chi connectivity index (χ0) is 34.3. The van der Waals surface area contributed by atoms with E-state index in [0.717, 1.165) is 0 Å². The van der Waals surface area contributed by atoms with Gasteiger partial charge in [0, 0.05) is 18.9 Å². The molecule has 2 unspecified atom stereocenters. The normalized spacial score (nSPS) is 26.9. The molecule has 21 nitrogen and oxygen atoms in total. The van der Waals surface area contributed by atoms with Crippen LogP contribution in [0.2, 0.25) is 0 Å². The number of anilines is 1. The van der Waals surface area contributed by atoms with Gasteiger partial charge in [0.25, 0.3) is 5.56 Å². The van der Waals surface area contributed by atoms with Gasteiger partial charge in [0.1, 0.15) is 30.2 Å². The molecule has 5 N–H and O–H groups in total. The Morgan fingerprint density at radius 2 is 1.96 bits per heavy atom. The summed E-state index contributed by atoms with van der Waals surface area (Å²) in [6.45, 7) is 2.11. The predicted molar refractivity (Wildman–Crippen MR) is 159 cm³/mol. The van der Waals surface area contributed by atoms with E-state index in [9.17, 15) is 32.6 Å². The predicted octanol–water partition coefficient (Wildman–Crippen LogP) is -0.944. The first-order valence-electron chi connectivity index (χ1n) is 14.4. The van der Waals surface area contributed by atoms with Crippen molar-refractivity contribution in [2.45, 2.75) is 63.3 Å². The highest BCUT2D eigenvalue weighted by molar-refractivity contribution is 7.84. The average Bonchev–Trinajstić information content (AvgIpc) is 3.81. The molecular weight excluding hydrogens is 686 g/mol. The Hall–Kier alpha value is -3.80. The Morgan fingerprint density at radius 3 is 2.69 bits per heavy atom. The third-order valence-electron chi connectivity index (χ3n) is 7.55. The molecule has 2 saturated heterocycles. The number of imidazole rings is 2. The highest BCUT2D eigenvalue weighted by Crippen LogP contribution is 2.39. The fourth-order valence-corrected chi connectivity index (χ4v) is 6.74. The Labute approximate surface area is 270 Å². The number of alkyl halides is 1. The minimum atomic E-state index is -4.70. The van der Waals surface area contributed by atoms with Crippen molar-refractivity contribution >= 4 is 52.7 Å². The van der Waals surface area contributed by atoms with Gasteiger partial charge in [-0.15, -0.1) is 0 Å². The van der Waals surface area contributed by atoms with Crippen LogP contribution in [0.25, 0.3) is 22.3 Å². The van der Waals surface area contributed by atoms with Crippen LogP contribution < -0.4 is 15.6 Å². The van der Waals surface area contributed by atoms with E-state index in [4.69, 9.17) is 18.2 Å². The number of hydrogen-bond acceptors (Lipinski definition) is 15. The second-order valence-corrected chi connectivity index (χ2v) is 13.3. The Morgan fingerprint density at radius 1 is 1.21 bits per heavy atom. The molecule has 24 heteroatoms. The van der Waals surface area contributed by atoms with Gasteiger partial charge in [0.15, 0.2) is 35.4 Å².